The Morgan fingerprint density at radius 1 is 1.10 bits per heavy atom. The number of halogens is 2. The molecule has 0 radical (unpaired) electrons. The van der Waals surface area contributed by atoms with Gasteiger partial charge in [0.2, 0.25) is 0 Å². The van der Waals surface area contributed by atoms with Gasteiger partial charge in [0.25, 0.3) is 0 Å². The van der Waals surface area contributed by atoms with E-state index in [1.807, 2.05) is 44.2 Å². The minimum absolute atomic E-state index is 0.307. The quantitative estimate of drug-likeness (QED) is 0.341. The van der Waals surface area contributed by atoms with Crippen LogP contribution in [0.3, 0.4) is 0 Å². The van der Waals surface area contributed by atoms with Crippen LogP contribution >= 0.6 is 0 Å². The number of urea groups is 1. The van der Waals surface area contributed by atoms with Crippen LogP contribution in [0, 0.1) is 25.5 Å². The van der Waals surface area contributed by atoms with Gasteiger partial charge in [0.1, 0.15) is 17.3 Å². The standard InChI is InChI=1S/C16H16N6O.C13H17F2NO/c1-10-14(12-8-18-11(2)19-9-12)21-22(15(10)20-16(17)23)13-6-4-3-5-7-13;1-17-7-6-16-5-4-11(9-16)10-2-3-12(14)13(15)8-10/h3-9H,1-2H3,(H3,17,20,23);2-3,8,11H,4-7,9H2,1H3. The number of methoxy groups -OCH3 is 1. The van der Waals surface area contributed by atoms with E-state index in [0.29, 0.717) is 29.9 Å². The van der Waals surface area contributed by atoms with Crippen molar-refractivity contribution in [3.8, 4) is 16.9 Å². The number of aryl methyl sites for hydroxylation is 1. The first-order chi connectivity index (χ1) is 19.3. The molecule has 3 N–H and O–H groups in total. The minimum Gasteiger partial charge on any atom is -0.383 e. The first kappa shape index (κ1) is 28.8. The fourth-order valence-corrected chi connectivity index (χ4v) is 4.60. The fraction of sp³-hybridized carbons (Fsp3) is 0.310. The van der Waals surface area contributed by atoms with Gasteiger partial charge in [0, 0.05) is 43.7 Å². The van der Waals surface area contributed by atoms with Gasteiger partial charge in [-0.15, -0.1) is 0 Å². The molecule has 0 aliphatic carbocycles. The lowest BCUT2D eigenvalue weighted by atomic mass is 9.98. The summed E-state index contributed by atoms with van der Waals surface area (Å²) in [4.78, 5) is 22.0. The second-order valence-corrected chi connectivity index (χ2v) is 9.53. The highest BCUT2D eigenvalue weighted by atomic mass is 19.2. The lowest BCUT2D eigenvalue weighted by molar-refractivity contribution is 0.160. The summed E-state index contributed by atoms with van der Waals surface area (Å²) < 4.78 is 32.6. The average molecular weight is 550 g/mol. The predicted octanol–water partition coefficient (Wildman–Crippen LogP) is 4.84. The SMILES string of the molecule is COCCN1CCC(c2ccc(F)c(F)c2)C1.Cc1ncc(-c2nn(-c3ccccc3)c(NC(N)=O)c2C)cn1. The van der Waals surface area contributed by atoms with Crippen LogP contribution in [-0.4, -0.2) is 64.0 Å². The maximum Gasteiger partial charge on any atom is 0.317 e. The lowest BCUT2D eigenvalue weighted by Gasteiger charge is -2.15. The third-order valence-electron chi connectivity index (χ3n) is 6.72. The fourth-order valence-electron chi connectivity index (χ4n) is 4.60. The number of aromatic nitrogens is 4. The second kappa shape index (κ2) is 13.2. The molecule has 40 heavy (non-hydrogen) atoms. The summed E-state index contributed by atoms with van der Waals surface area (Å²) in [5.41, 5.74) is 9.26. The van der Waals surface area contributed by atoms with E-state index in [-0.39, 0.29) is 0 Å². The maximum atomic E-state index is 13.1. The molecule has 1 aliphatic heterocycles. The molecular formula is C29H33F2N7O2. The number of rotatable bonds is 7. The van der Waals surface area contributed by atoms with Gasteiger partial charge in [-0.25, -0.2) is 28.2 Å². The van der Waals surface area contributed by atoms with Crippen LogP contribution in [0.15, 0.2) is 60.9 Å². The van der Waals surface area contributed by atoms with Crippen molar-refractivity contribution in [2.75, 3.05) is 38.7 Å². The molecule has 2 aromatic heterocycles. The summed E-state index contributed by atoms with van der Waals surface area (Å²) in [6, 6.07) is 13.1. The van der Waals surface area contributed by atoms with Crippen molar-refractivity contribution in [3.05, 3.63) is 89.5 Å². The molecule has 3 heterocycles. The second-order valence-electron chi connectivity index (χ2n) is 9.53. The highest BCUT2D eigenvalue weighted by Crippen LogP contribution is 2.30. The number of likely N-dealkylation sites (tertiary alicyclic amines) is 1. The summed E-state index contributed by atoms with van der Waals surface area (Å²) in [7, 11) is 1.68. The van der Waals surface area contributed by atoms with Crippen molar-refractivity contribution in [2.45, 2.75) is 26.2 Å². The number of para-hydroxylation sites is 1. The van der Waals surface area contributed by atoms with Crippen molar-refractivity contribution < 1.29 is 18.3 Å². The van der Waals surface area contributed by atoms with Gasteiger partial charge < -0.3 is 15.4 Å². The summed E-state index contributed by atoms with van der Waals surface area (Å²) in [5.74, 6) is -0.00793. The summed E-state index contributed by atoms with van der Waals surface area (Å²) >= 11 is 0. The lowest BCUT2D eigenvalue weighted by Crippen LogP contribution is -2.24. The van der Waals surface area contributed by atoms with E-state index in [9.17, 15) is 13.6 Å². The molecule has 1 atom stereocenters. The van der Waals surface area contributed by atoms with Gasteiger partial charge in [-0.3, -0.25) is 5.32 Å². The van der Waals surface area contributed by atoms with E-state index in [1.54, 1.807) is 30.3 Å². The molecule has 5 rings (SSSR count). The third-order valence-corrected chi connectivity index (χ3v) is 6.72. The van der Waals surface area contributed by atoms with Crippen molar-refractivity contribution in [2.24, 2.45) is 5.73 Å². The first-order valence-electron chi connectivity index (χ1n) is 12.9. The number of nitrogens with one attached hydrogen (secondary N) is 1. The van der Waals surface area contributed by atoms with Crippen LogP contribution in [0.25, 0.3) is 16.9 Å². The zero-order valence-corrected chi connectivity index (χ0v) is 22.8. The first-order valence-corrected chi connectivity index (χ1v) is 12.9. The number of primary amides is 1. The number of ether oxygens (including phenoxy) is 1. The number of carbonyl (C=O) groups is 1. The Balaban J connectivity index is 0.000000194. The Morgan fingerprint density at radius 3 is 2.48 bits per heavy atom. The van der Waals surface area contributed by atoms with Crippen LogP contribution in [0.4, 0.5) is 19.4 Å². The highest BCUT2D eigenvalue weighted by Gasteiger charge is 2.24. The van der Waals surface area contributed by atoms with Crippen LogP contribution in [-0.2, 0) is 4.74 Å². The highest BCUT2D eigenvalue weighted by molar-refractivity contribution is 5.89. The normalized spacial score (nSPS) is 15.0. The van der Waals surface area contributed by atoms with E-state index in [2.05, 4.69) is 25.3 Å². The summed E-state index contributed by atoms with van der Waals surface area (Å²) in [5, 5.41) is 7.24. The largest absolute Gasteiger partial charge is 0.383 e. The number of anilines is 1. The average Bonchev–Trinajstić information content (AvgIpc) is 3.55. The molecule has 210 valence electrons. The number of hydrogen-bond acceptors (Lipinski definition) is 6. The van der Waals surface area contributed by atoms with Gasteiger partial charge in [-0.1, -0.05) is 24.3 Å². The third kappa shape index (κ3) is 7.04. The summed E-state index contributed by atoms with van der Waals surface area (Å²) in [6.45, 7) is 7.19. The molecule has 9 nitrogen and oxygen atoms in total. The number of nitrogens with zero attached hydrogens (tertiary/aromatic N) is 5. The topological polar surface area (TPSA) is 111 Å². The predicted molar refractivity (Wildman–Crippen MR) is 149 cm³/mol. The van der Waals surface area contributed by atoms with E-state index < -0.39 is 17.7 Å². The van der Waals surface area contributed by atoms with Crippen molar-refractivity contribution in [3.63, 3.8) is 0 Å². The minimum atomic E-state index is -0.775. The molecule has 2 aromatic carbocycles. The Kier molecular flexibility index (Phi) is 9.52. The molecule has 0 bridgehead atoms. The van der Waals surface area contributed by atoms with E-state index in [0.717, 1.165) is 48.4 Å². The molecule has 0 spiro atoms. The van der Waals surface area contributed by atoms with Crippen molar-refractivity contribution >= 4 is 11.8 Å². The zero-order valence-electron chi connectivity index (χ0n) is 22.8. The molecule has 1 aliphatic rings. The molecule has 1 saturated heterocycles. The van der Waals surface area contributed by atoms with E-state index in [1.165, 1.54) is 12.1 Å². The van der Waals surface area contributed by atoms with Crippen LogP contribution in [0.5, 0.6) is 0 Å². The van der Waals surface area contributed by atoms with Gasteiger partial charge in [-0.05, 0) is 62.6 Å². The van der Waals surface area contributed by atoms with Gasteiger partial charge >= 0.3 is 6.03 Å². The number of carbonyl (C=O) groups excluding carboxylic acids is 1. The van der Waals surface area contributed by atoms with Crippen molar-refractivity contribution in [1.82, 2.24) is 24.6 Å². The van der Waals surface area contributed by atoms with Crippen LogP contribution in [0.1, 0.15) is 29.3 Å². The Bertz CT molecular complexity index is 1430. The smallest absolute Gasteiger partial charge is 0.317 e. The van der Waals surface area contributed by atoms with Crippen LogP contribution < -0.4 is 11.1 Å². The zero-order chi connectivity index (χ0) is 28.6. The molecule has 11 heteroatoms. The molecule has 0 saturated carbocycles. The summed E-state index contributed by atoms with van der Waals surface area (Å²) in [6.07, 6.45) is 4.41. The number of hydrogen-bond donors (Lipinski definition) is 2. The maximum absolute atomic E-state index is 13.1. The Morgan fingerprint density at radius 2 is 1.82 bits per heavy atom. The van der Waals surface area contributed by atoms with Gasteiger partial charge in [-0.2, -0.15) is 5.10 Å². The Labute approximate surface area is 232 Å². The van der Waals surface area contributed by atoms with Crippen LogP contribution in [0.2, 0.25) is 0 Å². The van der Waals surface area contributed by atoms with Gasteiger partial charge in [0.15, 0.2) is 11.6 Å². The number of amides is 2. The van der Waals surface area contributed by atoms with E-state index in [4.69, 9.17) is 10.5 Å². The number of nitrogens with two attached hydrogens (primary N) is 1. The molecule has 2 amide bonds. The Hall–Kier alpha value is -4.22. The molecule has 1 unspecified atom stereocenters. The van der Waals surface area contributed by atoms with Crippen molar-refractivity contribution in [1.29, 1.82) is 0 Å². The molecular weight excluding hydrogens is 516 g/mol. The van der Waals surface area contributed by atoms with Gasteiger partial charge in [0.05, 0.1) is 12.3 Å². The molecule has 4 aromatic rings. The monoisotopic (exact) mass is 549 g/mol. The van der Waals surface area contributed by atoms with E-state index >= 15 is 0 Å². The molecule has 1 fully saturated rings. The number of benzene rings is 2.